The van der Waals surface area contributed by atoms with Crippen LogP contribution in [-0.2, 0) is 19.1 Å². The highest BCUT2D eigenvalue weighted by Crippen LogP contribution is 2.36. The Balaban J connectivity index is 0.00000104. The van der Waals surface area contributed by atoms with E-state index in [9.17, 15) is 54.0 Å². The quantitative estimate of drug-likeness (QED) is 0.0390. The number of aliphatic hydroxyl groups excluding tert-OH is 8. The molecule has 348 valence electrons. The van der Waals surface area contributed by atoms with Gasteiger partial charge in [-0.25, -0.2) is 0 Å². The number of rotatable bonds is 17. The number of nitrogens with one attached hydrogen (secondary N) is 5. The number of halogens is 6. The van der Waals surface area contributed by atoms with Crippen molar-refractivity contribution in [2.45, 2.75) is 45.2 Å². The molecule has 28 heteroatoms. The molecule has 2 rings (SSSR count). The highest BCUT2D eigenvalue weighted by molar-refractivity contribution is 14.1. The number of hydrogen-bond donors (Lipinski definition) is 14. The summed E-state index contributed by atoms with van der Waals surface area (Å²) in [4.78, 5) is 81.6. The van der Waals surface area contributed by atoms with E-state index in [4.69, 9.17) is 26.2 Å². The summed E-state index contributed by atoms with van der Waals surface area (Å²) >= 11 is 11.3. The zero-order chi connectivity index (χ0) is 48.2. The molecular formula is C34H44I6N6O16. The SMILES string of the molecule is CC(=O)Nc1c(I)c(C(=O)NCC(O)CO)c(I)c(C(=O)NCC(O)CO)c1I.CC(=O)OC(C)=O.Nc1c(I)c(C(=O)NCC(O)CO)c(I)c(C(=O)NCC(O)CO)c1I. The number of aliphatic hydroxyl groups is 8. The van der Waals surface area contributed by atoms with Crippen molar-refractivity contribution in [3.8, 4) is 0 Å². The predicted molar refractivity (Wildman–Crippen MR) is 272 cm³/mol. The molecule has 0 heterocycles. The molecule has 22 nitrogen and oxygen atoms in total. The monoisotopic (exact) mass is 1550 g/mol. The van der Waals surface area contributed by atoms with Crippen molar-refractivity contribution in [3.63, 3.8) is 0 Å². The van der Waals surface area contributed by atoms with Crippen LogP contribution in [0.1, 0.15) is 62.2 Å². The Morgan fingerprint density at radius 1 is 0.484 bits per heavy atom. The summed E-state index contributed by atoms with van der Waals surface area (Å²) in [6, 6.07) is 0. The Kier molecular flexibility index (Phi) is 30.3. The van der Waals surface area contributed by atoms with Gasteiger partial charge in [-0.2, -0.15) is 0 Å². The lowest BCUT2D eigenvalue weighted by Crippen LogP contribution is -2.37. The minimum atomic E-state index is -1.14. The third-order valence-electron chi connectivity index (χ3n) is 7.00. The average molecular weight is 1550 g/mol. The normalized spacial score (nSPS) is 12.4. The van der Waals surface area contributed by atoms with Crippen LogP contribution in [0.3, 0.4) is 0 Å². The molecular weight excluding hydrogens is 1510 g/mol. The summed E-state index contributed by atoms with van der Waals surface area (Å²) in [7, 11) is 0. The van der Waals surface area contributed by atoms with Gasteiger partial charge in [0.05, 0.1) is 98.8 Å². The lowest BCUT2D eigenvalue weighted by atomic mass is 10.1. The van der Waals surface area contributed by atoms with Gasteiger partial charge >= 0.3 is 11.9 Å². The number of anilines is 2. The highest BCUT2D eigenvalue weighted by atomic mass is 127. The van der Waals surface area contributed by atoms with Crippen molar-refractivity contribution < 1.29 is 79.2 Å². The molecule has 62 heavy (non-hydrogen) atoms. The minimum absolute atomic E-state index is 0.119. The summed E-state index contributed by atoms with van der Waals surface area (Å²) < 4.78 is 6.35. The first-order chi connectivity index (χ1) is 28.8. The van der Waals surface area contributed by atoms with E-state index in [1.165, 1.54) is 20.8 Å². The fourth-order valence-electron chi connectivity index (χ4n) is 4.09. The van der Waals surface area contributed by atoms with Crippen molar-refractivity contribution in [3.05, 3.63) is 43.7 Å². The third-order valence-corrected chi connectivity index (χ3v) is 13.6. The third kappa shape index (κ3) is 20.1. The van der Waals surface area contributed by atoms with Crippen molar-refractivity contribution >= 4 is 188 Å². The number of benzene rings is 2. The molecule has 5 amide bonds. The van der Waals surface area contributed by atoms with E-state index in [2.05, 4.69) is 31.3 Å². The number of hydrogen-bond acceptors (Lipinski definition) is 17. The molecule has 0 aromatic heterocycles. The number of ether oxygens (including phenoxy) is 1. The topological polar surface area (TPSA) is 377 Å². The second-order valence-corrected chi connectivity index (χ2v) is 18.6. The van der Waals surface area contributed by atoms with E-state index in [0.29, 0.717) is 21.4 Å². The molecule has 0 aliphatic heterocycles. The van der Waals surface area contributed by atoms with Crippen LogP contribution in [0.5, 0.6) is 0 Å². The lowest BCUT2D eigenvalue weighted by molar-refractivity contribution is -0.156. The molecule has 4 atom stereocenters. The molecule has 15 N–H and O–H groups in total. The van der Waals surface area contributed by atoms with Gasteiger partial charge in [-0.15, -0.1) is 0 Å². The van der Waals surface area contributed by atoms with Gasteiger partial charge in [0, 0.05) is 54.1 Å². The van der Waals surface area contributed by atoms with Gasteiger partial charge in [0.25, 0.3) is 23.6 Å². The maximum absolute atomic E-state index is 12.7. The maximum atomic E-state index is 12.7. The van der Waals surface area contributed by atoms with Crippen LogP contribution < -0.4 is 32.3 Å². The molecule has 0 bridgehead atoms. The first-order valence-electron chi connectivity index (χ1n) is 17.2. The number of esters is 2. The van der Waals surface area contributed by atoms with E-state index < -0.39 is 92.3 Å². The van der Waals surface area contributed by atoms with Gasteiger partial charge in [0.2, 0.25) is 5.91 Å². The number of amides is 5. The highest BCUT2D eigenvalue weighted by Gasteiger charge is 2.30. The van der Waals surface area contributed by atoms with Crippen LogP contribution in [0.15, 0.2) is 0 Å². The van der Waals surface area contributed by atoms with Gasteiger partial charge in [-0.05, 0) is 136 Å². The fraction of sp³-hybridized carbons (Fsp3) is 0.441. The van der Waals surface area contributed by atoms with Crippen LogP contribution in [-0.4, -0.2) is 159 Å². The maximum Gasteiger partial charge on any atom is 0.310 e. The van der Waals surface area contributed by atoms with E-state index >= 15 is 0 Å². The van der Waals surface area contributed by atoms with Gasteiger partial charge < -0.3 is 77.9 Å². The van der Waals surface area contributed by atoms with Crippen molar-refractivity contribution in [2.75, 3.05) is 63.7 Å². The van der Waals surface area contributed by atoms with E-state index in [-0.39, 0.29) is 59.8 Å². The summed E-state index contributed by atoms with van der Waals surface area (Å²) in [5, 5.41) is 85.7. The largest absolute Gasteiger partial charge is 0.397 e. The van der Waals surface area contributed by atoms with Crippen LogP contribution >= 0.6 is 136 Å². The Hall–Kier alpha value is -1.21. The summed E-state index contributed by atoms with van der Waals surface area (Å²) in [5.74, 6) is -3.80. The fourth-order valence-corrected chi connectivity index (χ4v) is 12.6. The standard InChI is InChI=1S/C16H20I3N3O7.C14H18I3N3O6.C4H6O3/c1-6(25)22-14-12(18)9(15(28)20-2-7(26)4-23)11(17)10(13(14)19)16(29)21-3-8(27)5-24;15-9-7(13(25)19-1-5(23)3-21)10(16)12(18)11(17)8(9)14(26)20-2-6(24)4-22;1-3(5)7-4(2)6/h7-8,23-24,26-27H,2-5H2,1H3,(H,20,28)(H,21,29)(H,22,25);5-6,21-24H,1-4,18H2,(H,19,25)(H,20,26);1-2H3. The van der Waals surface area contributed by atoms with E-state index in [0.717, 1.165) is 0 Å². The summed E-state index contributed by atoms with van der Waals surface area (Å²) in [6.07, 6.45) is -4.48. The Morgan fingerprint density at radius 2 is 0.726 bits per heavy atom. The second kappa shape index (κ2) is 30.9. The molecule has 0 saturated heterocycles. The van der Waals surface area contributed by atoms with Gasteiger partial charge in [0.15, 0.2) is 0 Å². The molecule has 0 aliphatic rings. The molecule has 0 fully saturated rings. The van der Waals surface area contributed by atoms with Crippen molar-refractivity contribution in [1.29, 1.82) is 0 Å². The van der Waals surface area contributed by atoms with Crippen LogP contribution in [0, 0.1) is 21.4 Å². The van der Waals surface area contributed by atoms with Crippen LogP contribution in [0.25, 0.3) is 0 Å². The molecule has 2 aromatic rings. The Labute approximate surface area is 436 Å². The van der Waals surface area contributed by atoms with E-state index in [1.807, 2.05) is 136 Å². The molecule has 0 aliphatic carbocycles. The van der Waals surface area contributed by atoms with E-state index in [1.54, 1.807) is 0 Å². The summed E-state index contributed by atoms with van der Waals surface area (Å²) in [6.45, 7) is 0.893. The number of carbonyl (C=O) groups excluding carboxylic acids is 7. The molecule has 0 saturated carbocycles. The number of nitrogens with two attached hydrogens (primary N) is 1. The molecule has 4 unspecified atom stereocenters. The molecule has 0 spiro atoms. The van der Waals surface area contributed by atoms with Gasteiger partial charge in [-0.1, -0.05) is 0 Å². The first-order valence-corrected chi connectivity index (χ1v) is 23.7. The first kappa shape index (κ1) is 60.8. The van der Waals surface area contributed by atoms with Crippen LogP contribution in [0.2, 0.25) is 0 Å². The van der Waals surface area contributed by atoms with Gasteiger partial charge in [-0.3, -0.25) is 33.6 Å². The Bertz CT molecular complexity index is 1830. The molecule has 2 aromatic carbocycles. The zero-order valence-electron chi connectivity index (χ0n) is 32.7. The number of carbonyl (C=O) groups is 7. The Morgan fingerprint density at radius 3 is 0.919 bits per heavy atom. The smallest absolute Gasteiger partial charge is 0.310 e. The van der Waals surface area contributed by atoms with Crippen molar-refractivity contribution in [2.24, 2.45) is 0 Å². The van der Waals surface area contributed by atoms with Gasteiger partial charge in [0.1, 0.15) is 0 Å². The number of nitrogen functional groups attached to an aromatic ring is 1. The van der Waals surface area contributed by atoms with Crippen molar-refractivity contribution in [1.82, 2.24) is 21.3 Å². The average Bonchev–Trinajstić information content (AvgIpc) is 3.20. The second-order valence-electron chi connectivity index (χ2n) is 12.1. The summed E-state index contributed by atoms with van der Waals surface area (Å²) in [5.41, 5.74) is 7.17. The minimum Gasteiger partial charge on any atom is -0.397 e. The lowest BCUT2D eigenvalue weighted by Gasteiger charge is -2.20. The molecule has 0 radical (unpaired) electrons. The van der Waals surface area contributed by atoms with Crippen LogP contribution in [0.4, 0.5) is 11.4 Å². The predicted octanol–water partition coefficient (Wildman–Crippen LogP) is -1.03. The zero-order valence-corrected chi connectivity index (χ0v) is 45.6.